The number of aromatic nitrogens is 3. The minimum atomic E-state index is -0.172. The Labute approximate surface area is 217 Å². The Hall–Kier alpha value is -4.83. The molecule has 9 nitrogen and oxygen atoms in total. The van der Waals surface area contributed by atoms with Gasteiger partial charge in [0.05, 0.1) is 12.0 Å². The second-order valence-electron chi connectivity index (χ2n) is 7.90. The Morgan fingerprint density at radius 3 is 2.59 bits per heavy atom. The maximum absolute atomic E-state index is 12.5. The Morgan fingerprint density at radius 2 is 1.70 bits per heavy atom. The molecule has 1 heterocycles. The number of carbonyl (C=O) groups is 1. The molecule has 0 aliphatic heterocycles. The molecule has 0 spiro atoms. The molecule has 0 unspecified atom stereocenters. The second kappa shape index (κ2) is 11.3. The summed E-state index contributed by atoms with van der Waals surface area (Å²) in [5.41, 5.74) is 4.36. The van der Waals surface area contributed by atoms with Gasteiger partial charge in [-0.1, -0.05) is 78.5 Å². The highest BCUT2D eigenvalue weighted by molar-refractivity contribution is 7.99. The lowest BCUT2D eigenvalue weighted by atomic mass is 10.1. The van der Waals surface area contributed by atoms with Gasteiger partial charge in [-0.25, -0.2) is 10.1 Å². The van der Waals surface area contributed by atoms with Gasteiger partial charge >= 0.3 is 0 Å². The predicted molar refractivity (Wildman–Crippen MR) is 148 cm³/mol. The smallest absolute Gasteiger partial charge is 0.264 e. The molecule has 5 rings (SSSR count). The highest BCUT2D eigenvalue weighted by Gasteiger charge is 2.13. The summed E-state index contributed by atoms with van der Waals surface area (Å²) in [4.78, 5) is 12.5. The van der Waals surface area contributed by atoms with Crippen molar-refractivity contribution in [3.63, 3.8) is 0 Å². The summed E-state index contributed by atoms with van der Waals surface area (Å²) < 4.78 is 7.10. The lowest BCUT2D eigenvalue weighted by molar-refractivity contribution is -0.113. The summed E-state index contributed by atoms with van der Waals surface area (Å²) in [5, 5.41) is 17.6. The Bertz CT molecular complexity index is 1550. The fraction of sp³-hybridized carbons (Fsp3) is 0.0370. The monoisotopic (exact) mass is 509 g/mol. The quantitative estimate of drug-likeness (QED) is 0.109. The summed E-state index contributed by atoms with van der Waals surface area (Å²) in [7, 11) is 0. The Morgan fingerprint density at radius 1 is 0.946 bits per heavy atom. The standard InChI is InChI=1S/C27H23N7O2S/c28-34-26(31-29-17-19-8-6-13-22(16-19)36-21-11-2-1-3-12-21)32-33-27(34)37-18-25(35)30-24-15-7-10-20-9-4-5-14-23(20)24/h1-17H,18,28H2,(H,30,35)(H,31,32)/b29-17+. The van der Waals surface area contributed by atoms with E-state index in [9.17, 15) is 4.79 Å². The average molecular weight is 510 g/mol. The molecule has 0 saturated heterocycles. The first-order chi connectivity index (χ1) is 18.2. The minimum Gasteiger partial charge on any atom is -0.457 e. The SMILES string of the molecule is Nn1c(N/N=C/c2cccc(Oc3ccccc3)c2)nnc1SCC(=O)Nc1cccc2ccccc12. The van der Waals surface area contributed by atoms with Gasteiger partial charge in [0.15, 0.2) is 0 Å². The van der Waals surface area contributed by atoms with E-state index < -0.39 is 0 Å². The largest absolute Gasteiger partial charge is 0.457 e. The van der Waals surface area contributed by atoms with Crippen molar-refractivity contribution in [2.24, 2.45) is 5.10 Å². The number of rotatable bonds is 9. The lowest BCUT2D eigenvalue weighted by Crippen LogP contribution is -2.17. The summed E-state index contributed by atoms with van der Waals surface area (Å²) in [5.74, 6) is 7.72. The molecule has 1 aromatic heterocycles. The molecule has 10 heteroatoms. The number of nitrogens with two attached hydrogens (primary N) is 1. The van der Waals surface area contributed by atoms with Crippen LogP contribution in [-0.2, 0) is 4.79 Å². The van der Waals surface area contributed by atoms with Crippen molar-refractivity contribution in [2.75, 3.05) is 22.3 Å². The van der Waals surface area contributed by atoms with E-state index in [2.05, 4.69) is 26.0 Å². The topological polar surface area (TPSA) is 119 Å². The van der Waals surface area contributed by atoms with E-state index in [1.807, 2.05) is 97.1 Å². The third kappa shape index (κ3) is 6.06. The Balaban J connectivity index is 1.16. The number of thioether (sulfide) groups is 1. The molecule has 0 atom stereocenters. The van der Waals surface area contributed by atoms with Gasteiger partial charge in [-0.15, -0.1) is 10.2 Å². The predicted octanol–water partition coefficient (Wildman–Crippen LogP) is 5.11. The van der Waals surface area contributed by atoms with Crippen LogP contribution in [0.25, 0.3) is 10.8 Å². The van der Waals surface area contributed by atoms with E-state index in [1.165, 1.54) is 16.4 Å². The summed E-state index contributed by atoms with van der Waals surface area (Å²) in [6.45, 7) is 0. The van der Waals surface area contributed by atoms with Gasteiger partial charge in [-0.05, 0) is 41.3 Å². The molecule has 4 aromatic carbocycles. The van der Waals surface area contributed by atoms with Crippen LogP contribution >= 0.6 is 11.8 Å². The number of para-hydroxylation sites is 1. The third-order valence-electron chi connectivity index (χ3n) is 5.28. The van der Waals surface area contributed by atoms with Crippen LogP contribution in [0.1, 0.15) is 5.56 Å². The number of benzene rings is 4. The average Bonchev–Trinajstić information content (AvgIpc) is 3.27. The van der Waals surface area contributed by atoms with Crippen LogP contribution in [0.15, 0.2) is 107 Å². The molecular weight excluding hydrogens is 486 g/mol. The van der Waals surface area contributed by atoms with Gasteiger partial charge in [-0.2, -0.15) is 5.10 Å². The number of carbonyl (C=O) groups excluding carboxylic acids is 1. The van der Waals surface area contributed by atoms with Gasteiger partial charge < -0.3 is 15.9 Å². The molecule has 1 amide bonds. The number of nitrogens with zero attached hydrogens (tertiary/aromatic N) is 4. The number of nitrogen functional groups attached to an aromatic ring is 1. The molecule has 0 aliphatic carbocycles. The molecular formula is C27H23N7O2S. The summed E-state index contributed by atoms with van der Waals surface area (Å²) in [6, 6.07) is 30.7. The van der Waals surface area contributed by atoms with Crippen LogP contribution in [0.2, 0.25) is 0 Å². The highest BCUT2D eigenvalue weighted by atomic mass is 32.2. The van der Waals surface area contributed by atoms with Crippen molar-refractivity contribution in [2.45, 2.75) is 5.16 Å². The molecule has 37 heavy (non-hydrogen) atoms. The molecule has 0 fully saturated rings. The van der Waals surface area contributed by atoms with Gasteiger partial charge in [0, 0.05) is 11.1 Å². The van der Waals surface area contributed by atoms with Crippen LogP contribution in [0, 0.1) is 0 Å². The fourth-order valence-electron chi connectivity index (χ4n) is 3.55. The van der Waals surface area contributed by atoms with Gasteiger partial charge in [-0.3, -0.25) is 4.79 Å². The molecule has 0 aliphatic rings. The van der Waals surface area contributed by atoms with Gasteiger partial charge in [0.2, 0.25) is 11.1 Å². The molecule has 0 saturated carbocycles. The number of amides is 1. The van der Waals surface area contributed by atoms with Crippen LogP contribution in [0.3, 0.4) is 0 Å². The van der Waals surface area contributed by atoms with Gasteiger partial charge in [0.1, 0.15) is 11.5 Å². The number of hydrogen-bond acceptors (Lipinski definition) is 8. The Kier molecular flexibility index (Phi) is 7.28. The minimum absolute atomic E-state index is 0.121. The maximum Gasteiger partial charge on any atom is 0.264 e. The van der Waals surface area contributed by atoms with Gasteiger partial charge in [0.25, 0.3) is 5.95 Å². The number of ether oxygens (including phenoxy) is 1. The van der Waals surface area contributed by atoms with Crippen molar-refractivity contribution in [3.8, 4) is 11.5 Å². The van der Waals surface area contributed by atoms with Crippen LogP contribution in [0.4, 0.5) is 11.6 Å². The zero-order valence-corrected chi connectivity index (χ0v) is 20.4. The van der Waals surface area contributed by atoms with Crippen molar-refractivity contribution in [1.29, 1.82) is 0 Å². The first-order valence-corrected chi connectivity index (χ1v) is 12.4. The first-order valence-electron chi connectivity index (χ1n) is 11.4. The number of fused-ring (bicyclic) bond motifs is 1. The van der Waals surface area contributed by atoms with Crippen molar-refractivity contribution in [3.05, 3.63) is 103 Å². The van der Waals surface area contributed by atoms with Crippen LogP contribution < -0.4 is 21.3 Å². The van der Waals surface area contributed by atoms with Crippen molar-refractivity contribution < 1.29 is 9.53 Å². The zero-order valence-electron chi connectivity index (χ0n) is 19.6. The van der Waals surface area contributed by atoms with Crippen LogP contribution in [-0.4, -0.2) is 32.7 Å². The first kappa shape index (κ1) is 23.9. The second-order valence-corrected chi connectivity index (χ2v) is 8.84. The number of hydrazone groups is 1. The highest BCUT2D eigenvalue weighted by Crippen LogP contribution is 2.24. The normalized spacial score (nSPS) is 11.0. The van der Waals surface area contributed by atoms with E-state index >= 15 is 0 Å². The molecule has 0 bridgehead atoms. The van der Waals surface area contributed by atoms with E-state index in [-0.39, 0.29) is 17.6 Å². The number of hydrogen-bond donors (Lipinski definition) is 3. The number of nitrogens with one attached hydrogen (secondary N) is 2. The zero-order chi connectivity index (χ0) is 25.5. The van der Waals surface area contributed by atoms with Crippen molar-refractivity contribution in [1.82, 2.24) is 14.9 Å². The van der Waals surface area contributed by atoms with E-state index in [1.54, 1.807) is 6.21 Å². The molecule has 0 radical (unpaired) electrons. The van der Waals surface area contributed by atoms with E-state index in [0.717, 1.165) is 27.8 Å². The van der Waals surface area contributed by atoms with Crippen LogP contribution in [0.5, 0.6) is 11.5 Å². The summed E-state index contributed by atoms with van der Waals surface area (Å²) in [6.07, 6.45) is 1.62. The fourth-order valence-corrected chi connectivity index (χ4v) is 4.21. The molecule has 4 N–H and O–H groups in total. The van der Waals surface area contributed by atoms with E-state index in [4.69, 9.17) is 10.6 Å². The maximum atomic E-state index is 12.5. The van der Waals surface area contributed by atoms with Crippen molar-refractivity contribution >= 4 is 46.3 Å². The molecule has 184 valence electrons. The summed E-state index contributed by atoms with van der Waals surface area (Å²) >= 11 is 1.18. The molecule has 5 aromatic rings. The van der Waals surface area contributed by atoms with E-state index in [0.29, 0.717) is 10.9 Å². The lowest BCUT2D eigenvalue weighted by Gasteiger charge is -2.08. The number of anilines is 2. The third-order valence-corrected chi connectivity index (χ3v) is 6.22.